The number of carbonyl (C=O) groups is 1. The Balaban J connectivity index is 1.82. The molecule has 126 valence electrons. The van der Waals surface area contributed by atoms with E-state index in [1.165, 1.54) is 0 Å². The molecule has 1 aliphatic rings. The fourth-order valence-corrected chi connectivity index (χ4v) is 2.61. The van der Waals surface area contributed by atoms with Gasteiger partial charge >= 0.3 is 0 Å². The fourth-order valence-electron chi connectivity index (χ4n) is 2.26. The van der Waals surface area contributed by atoms with Gasteiger partial charge < -0.3 is 14.8 Å². The zero-order chi connectivity index (χ0) is 17.3. The molecular formula is C18H17Cl2NO3. The summed E-state index contributed by atoms with van der Waals surface area (Å²) >= 11 is 12.1. The molecule has 6 heteroatoms. The molecule has 0 aromatic heterocycles. The zero-order valence-electron chi connectivity index (χ0n) is 13.4. The van der Waals surface area contributed by atoms with Crippen LogP contribution in [0.5, 0.6) is 11.5 Å². The fraction of sp³-hybridized carbons (Fsp3) is 0.278. The summed E-state index contributed by atoms with van der Waals surface area (Å²) < 4.78 is 11.6. The summed E-state index contributed by atoms with van der Waals surface area (Å²) in [6.07, 6.45) is 0. The van der Waals surface area contributed by atoms with E-state index in [0.717, 1.165) is 0 Å². The van der Waals surface area contributed by atoms with Crippen LogP contribution in [0.3, 0.4) is 0 Å². The SMILES string of the molecule is CC1(C)COc2ccc(C(=O)Nc3cccc(Cl)c3Cl)cc2OC1. The van der Waals surface area contributed by atoms with Gasteiger partial charge in [-0.1, -0.05) is 43.1 Å². The molecule has 1 amide bonds. The number of hydrogen-bond donors (Lipinski definition) is 1. The minimum Gasteiger partial charge on any atom is -0.489 e. The Morgan fingerprint density at radius 3 is 2.54 bits per heavy atom. The Kier molecular flexibility index (Phi) is 4.61. The van der Waals surface area contributed by atoms with E-state index in [2.05, 4.69) is 19.2 Å². The average molecular weight is 366 g/mol. The molecule has 2 aromatic carbocycles. The number of hydrogen-bond acceptors (Lipinski definition) is 3. The van der Waals surface area contributed by atoms with Crippen molar-refractivity contribution in [1.82, 2.24) is 0 Å². The lowest BCUT2D eigenvalue weighted by molar-refractivity contribution is 0.102. The lowest BCUT2D eigenvalue weighted by Crippen LogP contribution is -2.26. The van der Waals surface area contributed by atoms with Crippen LogP contribution in [0.2, 0.25) is 10.0 Å². The number of fused-ring (bicyclic) bond motifs is 1. The summed E-state index contributed by atoms with van der Waals surface area (Å²) in [5, 5.41) is 3.45. The normalized spacial score (nSPS) is 15.5. The van der Waals surface area contributed by atoms with Crippen LogP contribution in [0.1, 0.15) is 24.2 Å². The number of nitrogens with one attached hydrogen (secondary N) is 1. The molecule has 0 fully saturated rings. The number of halogens is 2. The summed E-state index contributed by atoms with van der Waals surface area (Å²) in [7, 11) is 0. The van der Waals surface area contributed by atoms with Crippen molar-refractivity contribution < 1.29 is 14.3 Å². The molecule has 0 unspecified atom stereocenters. The van der Waals surface area contributed by atoms with Gasteiger partial charge in [0.15, 0.2) is 11.5 Å². The van der Waals surface area contributed by atoms with Crippen molar-refractivity contribution in [2.45, 2.75) is 13.8 Å². The van der Waals surface area contributed by atoms with Crippen molar-refractivity contribution in [2.24, 2.45) is 5.41 Å². The molecule has 1 aliphatic heterocycles. The first-order valence-corrected chi connectivity index (χ1v) is 8.26. The summed E-state index contributed by atoms with van der Waals surface area (Å²) in [5.41, 5.74) is 0.825. The molecule has 4 nitrogen and oxygen atoms in total. The Morgan fingerprint density at radius 1 is 1.08 bits per heavy atom. The Hall–Kier alpha value is -1.91. The number of anilines is 1. The van der Waals surface area contributed by atoms with Gasteiger partial charge in [-0.15, -0.1) is 0 Å². The second-order valence-electron chi connectivity index (χ2n) is 6.46. The van der Waals surface area contributed by atoms with Crippen molar-refractivity contribution in [3.05, 3.63) is 52.0 Å². The van der Waals surface area contributed by atoms with E-state index in [0.29, 0.717) is 46.0 Å². The number of rotatable bonds is 2. The summed E-state index contributed by atoms with van der Waals surface area (Å²) in [6, 6.07) is 10.2. The first kappa shape index (κ1) is 16.9. The third-order valence-electron chi connectivity index (χ3n) is 3.64. The predicted octanol–water partition coefficient (Wildman–Crippen LogP) is 5.04. The molecule has 0 radical (unpaired) electrons. The Labute approximate surface area is 150 Å². The Morgan fingerprint density at radius 2 is 1.79 bits per heavy atom. The highest BCUT2D eigenvalue weighted by molar-refractivity contribution is 6.44. The van der Waals surface area contributed by atoms with E-state index in [1.807, 2.05) is 0 Å². The molecule has 1 N–H and O–H groups in total. The van der Waals surface area contributed by atoms with E-state index in [-0.39, 0.29) is 11.3 Å². The van der Waals surface area contributed by atoms with Gasteiger partial charge in [0.05, 0.1) is 28.9 Å². The van der Waals surface area contributed by atoms with Crippen LogP contribution in [0.4, 0.5) is 5.69 Å². The highest BCUT2D eigenvalue weighted by Gasteiger charge is 2.25. The third-order valence-corrected chi connectivity index (χ3v) is 4.46. The van der Waals surface area contributed by atoms with E-state index in [9.17, 15) is 4.79 Å². The van der Waals surface area contributed by atoms with Crippen molar-refractivity contribution in [3.63, 3.8) is 0 Å². The van der Waals surface area contributed by atoms with Crippen molar-refractivity contribution in [2.75, 3.05) is 18.5 Å². The van der Waals surface area contributed by atoms with Crippen molar-refractivity contribution in [1.29, 1.82) is 0 Å². The highest BCUT2D eigenvalue weighted by Crippen LogP contribution is 2.35. The maximum Gasteiger partial charge on any atom is 0.255 e. The Bertz CT molecular complexity index is 790. The third kappa shape index (κ3) is 3.60. The molecule has 0 spiro atoms. The maximum atomic E-state index is 12.5. The number of amides is 1. The van der Waals surface area contributed by atoms with Crippen LogP contribution in [0.25, 0.3) is 0 Å². The van der Waals surface area contributed by atoms with Gasteiger partial charge in [-0.3, -0.25) is 4.79 Å². The number of carbonyl (C=O) groups excluding carboxylic acids is 1. The minimum atomic E-state index is -0.297. The topological polar surface area (TPSA) is 47.6 Å². The van der Waals surface area contributed by atoms with Crippen LogP contribution in [0.15, 0.2) is 36.4 Å². The molecule has 1 heterocycles. The second-order valence-corrected chi connectivity index (χ2v) is 7.24. The molecule has 2 aromatic rings. The zero-order valence-corrected chi connectivity index (χ0v) is 14.9. The first-order chi connectivity index (χ1) is 11.4. The first-order valence-electron chi connectivity index (χ1n) is 7.51. The van der Waals surface area contributed by atoms with Gasteiger partial charge in [0.2, 0.25) is 0 Å². The van der Waals surface area contributed by atoms with Crippen LogP contribution >= 0.6 is 23.2 Å². The van der Waals surface area contributed by atoms with Gasteiger partial charge in [0.25, 0.3) is 5.91 Å². The van der Waals surface area contributed by atoms with Crippen LogP contribution in [0, 0.1) is 5.41 Å². The largest absolute Gasteiger partial charge is 0.489 e. The molecule has 0 atom stereocenters. The quantitative estimate of drug-likeness (QED) is 0.810. The van der Waals surface area contributed by atoms with Crippen LogP contribution < -0.4 is 14.8 Å². The van der Waals surface area contributed by atoms with E-state index in [1.54, 1.807) is 36.4 Å². The summed E-state index contributed by atoms with van der Waals surface area (Å²) in [5.74, 6) is 0.900. The van der Waals surface area contributed by atoms with Crippen LogP contribution in [-0.4, -0.2) is 19.1 Å². The van der Waals surface area contributed by atoms with E-state index < -0.39 is 0 Å². The van der Waals surface area contributed by atoms with Gasteiger partial charge in [-0.2, -0.15) is 0 Å². The van der Waals surface area contributed by atoms with Gasteiger partial charge in [-0.05, 0) is 30.3 Å². The second kappa shape index (κ2) is 6.54. The van der Waals surface area contributed by atoms with E-state index >= 15 is 0 Å². The minimum absolute atomic E-state index is 0.0875. The summed E-state index contributed by atoms with van der Waals surface area (Å²) in [4.78, 5) is 12.5. The smallest absolute Gasteiger partial charge is 0.255 e. The molecule has 3 rings (SSSR count). The molecule has 24 heavy (non-hydrogen) atoms. The van der Waals surface area contributed by atoms with Crippen molar-refractivity contribution >= 4 is 34.8 Å². The highest BCUT2D eigenvalue weighted by atomic mass is 35.5. The molecule has 0 saturated carbocycles. The van der Waals surface area contributed by atoms with Gasteiger partial charge in [0.1, 0.15) is 0 Å². The number of ether oxygens (including phenoxy) is 2. The van der Waals surface area contributed by atoms with Crippen LogP contribution in [-0.2, 0) is 0 Å². The molecular weight excluding hydrogens is 349 g/mol. The average Bonchev–Trinajstić information content (AvgIpc) is 2.70. The van der Waals surface area contributed by atoms with Crippen molar-refractivity contribution in [3.8, 4) is 11.5 Å². The lowest BCUT2D eigenvalue weighted by atomic mass is 9.97. The molecule has 0 saturated heterocycles. The summed E-state index contributed by atoms with van der Waals surface area (Å²) in [6.45, 7) is 5.20. The molecule has 0 aliphatic carbocycles. The van der Waals surface area contributed by atoms with E-state index in [4.69, 9.17) is 32.7 Å². The molecule has 0 bridgehead atoms. The number of benzene rings is 2. The van der Waals surface area contributed by atoms with Gasteiger partial charge in [0, 0.05) is 11.0 Å². The van der Waals surface area contributed by atoms with Gasteiger partial charge in [-0.25, -0.2) is 0 Å². The maximum absolute atomic E-state index is 12.5. The standard InChI is InChI=1S/C18H17Cl2NO3/c1-18(2)9-23-14-7-6-11(8-15(14)24-10-18)17(22)21-13-5-3-4-12(19)16(13)20/h3-8H,9-10H2,1-2H3,(H,21,22). The monoisotopic (exact) mass is 365 g/mol. The lowest BCUT2D eigenvalue weighted by Gasteiger charge is -2.19. The predicted molar refractivity (Wildman–Crippen MR) is 95.6 cm³/mol.